The van der Waals surface area contributed by atoms with E-state index < -0.39 is 0 Å². The zero-order valence-corrected chi connectivity index (χ0v) is 12.6. The van der Waals surface area contributed by atoms with Crippen molar-refractivity contribution < 1.29 is 4.52 Å². The van der Waals surface area contributed by atoms with Crippen LogP contribution in [-0.4, -0.2) is 23.2 Å². The molecule has 1 aromatic heterocycles. The Hall–Kier alpha value is -0.900. The summed E-state index contributed by atoms with van der Waals surface area (Å²) in [5, 5.41) is 7.69. The maximum atomic E-state index is 5.53. The highest BCUT2D eigenvalue weighted by Gasteiger charge is 2.27. The fraction of sp³-hybridized carbons (Fsp3) is 0.875. The summed E-state index contributed by atoms with van der Waals surface area (Å²) in [6.45, 7) is 4.40. The molecule has 112 valence electrons. The second kappa shape index (κ2) is 6.70. The fourth-order valence-electron chi connectivity index (χ4n) is 3.76. The first-order chi connectivity index (χ1) is 9.86. The molecular formula is C16H27N3O. The van der Waals surface area contributed by atoms with Gasteiger partial charge in [-0.1, -0.05) is 24.9 Å². The number of nitrogens with zero attached hydrogens (tertiary/aromatic N) is 2. The highest BCUT2D eigenvalue weighted by atomic mass is 16.5. The molecule has 1 unspecified atom stereocenters. The second-order valence-electron chi connectivity index (χ2n) is 6.54. The summed E-state index contributed by atoms with van der Waals surface area (Å²) in [6.07, 6.45) is 10.3. The minimum absolute atomic E-state index is 0.432. The molecule has 2 heterocycles. The number of rotatable bonds is 4. The smallest absolute Gasteiger partial charge is 0.231 e. The van der Waals surface area contributed by atoms with Crippen molar-refractivity contribution in [3.8, 4) is 0 Å². The molecule has 0 bridgehead atoms. The van der Waals surface area contributed by atoms with Gasteiger partial charge in [-0.3, -0.25) is 0 Å². The van der Waals surface area contributed by atoms with Gasteiger partial charge >= 0.3 is 0 Å². The van der Waals surface area contributed by atoms with Gasteiger partial charge in [0.1, 0.15) is 0 Å². The van der Waals surface area contributed by atoms with E-state index in [1.807, 2.05) is 0 Å². The van der Waals surface area contributed by atoms with E-state index in [1.54, 1.807) is 0 Å². The molecule has 0 aromatic carbocycles. The summed E-state index contributed by atoms with van der Waals surface area (Å²) >= 11 is 0. The minimum Gasteiger partial charge on any atom is -0.339 e. The number of hydrogen-bond acceptors (Lipinski definition) is 4. The van der Waals surface area contributed by atoms with Crippen LogP contribution in [0.3, 0.4) is 0 Å². The third-order valence-corrected chi connectivity index (χ3v) is 5.01. The summed E-state index contributed by atoms with van der Waals surface area (Å²) in [5.74, 6) is 3.74. The molecule has 3 rings (SSSR count). The Morgan fingerprint density at radius 1 is 1.15 bits per heavy atom. The maximum absolute atomic E-state index is 5.53. The van der Waals surface area contributed by atoms with Gasteiger partial charge in [-0.2, -0.15) is 4.98 Å². The molecule has 1 aliphatic carbocycles. The lowest BCUT2D eigenvalue weighted by Crippen LogP contribution is -2.28. The number of piperidine rings is 1. The summed E-state index contributed by atoms with van der Waals surface area (Å²) < 4.78 is 5.53. The minimum atomic E-state index is 0.432. The predicted molar refractivity (Wildman–Crippen MR) is 78.7 cm³/mol. The van der Waals surface area contributed by atoms with Crippen molar-refractivity contribution in [2.24, 2.45) is 5.92 Å². The average molecular weight is 277 g/mol. The van der Waals surface area contributed by atoms with Crippen molar-refractivity contribution in [3.63, 3.8) is 0 Å². The monoisotopic (exact) mass is 277 g/mol. The van der Waals surface area contributed by atoms with Gasteiger partial charge in [0.25, 0.3) is 0 Å². The van der Waals surface area contributed by atoms with Gasteiger partial charge in [-0.25, -0.2) is 0 Å². The van der Waals surface area contributed by atoms with Gasteiger partial charge in [0.2, 0.25) is 5.89 Å². The summed E-state index contributed by atoms with van der Waals surface area (Å²) in [6, 6.07) is 0. The Kier molecular flexibility index (Phi) is 4.71. The predicted octanol–water partition coefficient (Wildman–Crippen LogP) is 3.61. The van der Waals surface area contributed by atoms with Crippen LogP contribution in [0.1, 0.15) is 81.8 Å². The van der Waals surface area contributed by atoms with Crippen LogP contribution in [0.15, 0.2) is 4.52 Å². The van der Waals surface area contributed by atoms with Crippen molar-refractivity contribution in [2.45, 2.75) is 70.1 Å². The quantitative estimate of drug-likeness (QED) is 0.913. The van der Waals surface area contributed by atoms with Gasteiger partial charge in [-0.15, -0.1) is 0 Å². The molecule has 0 spiro atoms. The molecule has 0 amide bonds. The summed E-state index contributed by atoms with van der Waals surface area (Å²) in [5.41, 5.74) is 0. The molecule has 1 saturated heterocycles. The number of aromatic nitrogens is 2. The summed E-state index contributed by atoms with van der Waals surface area (Å²) in [4.78, 5) is 4.71. The molecule has 1 aliphatic heterocycles. The van der Waals surface area contributed by atoms with Gasteiger partial charge < -0.3 is 9.84 Å². The molecule has 4 heteroatoms. The SMILES string of the molecule is CCCC1CCC(c2noc(C3CCCNC3)n2)CC1. The van der Waals surface area contributed by atoms with E-state index in [9.17, 15) is 0 Å². The lowest BCUT2D eigenvalue weighted by Gasteiger charge is -2.26. The van der Waals surface area contributed by atoms with E-state index in [1.165, 1.54) is 51.4 Å². The first-order valence-corrected chi connectivity index (χ1v) is 8.41. The van der Waals surface area contributed by atoms with E-state index >= 15 is 0 Å². The first-order valence-electron chi connectivity index (χ1n) is 8.41. The van der Waals surface area contributed by atoms with Gasteiger partial charge in [0, 0.05) is 12.5 Å². The highest BCUT2D eigenvalue weighted by molar-refractivity contribution is 5.02. The molecule has 1 atom stereocenters. The fourth-order valence-corrected chi connectivity index (χ4v) is 3.76. The topological polar surface area (TPSA) is 51.0 Å². The van der Waals surface area contributed by atoms with Crippen LogP contribution >= 0.6 is 0 Å². The van der Waals surface area contributed by atoms with E-state index in [2.05, 4.69) is 17.4 Å². The van der Waals surface area contributed by atoms with E-state index in [-0.39, 0.29) is 0 Å². The molecular weight excluding hydrogens is 250 g/mol. The largest absolute Gasteiger partial charge is 0.339 e. The van der Waals surface area contributed by atoms with Crippen LogP contribution < -0.4 is 5.32 Å². The van der Waals surface area contributed by atoms with E-state index in [0.29, 0.717) is 11.8 Å². The Labute approximate surface area is 121 Å². The third kappa shape index (κ3) is 3.22. The van der Waals surface area contributed by atoms with Crippen LogP contribution in [0.4, 0.5) is 0 Å². The molecule has 20 heavy (non-hydrogen) atoms. The number of hydrogen-bond donors (Lipinski definition) is 1. The van der Waals surface area contributed by atoms with Crippen molar-refractivity contribution in [2.75, 3.05) is 13.1 Å². The van der Waals surface area contributed by atoms with Crippen LogP contribution in [0.2, 0.25) is 0 Å². The standard InChI is InChI=1S/C16H27N3O/c1-2-4-12-6-8-13(9-7-12)15-18-16(20-19-15)14-5-3-10-17-11-14/h12-14,17H,2-11H2,1H3. The third-order valence-electron chi connectivity index (χ3n) is 5.01. The Bertz CT molecular complexity index is 404. The lowest BCUT2D eigenvalue weighted by molar-refractivity contribution is 0.290. The second-order valence-corrected chi connectivity index (χ2v) is 6.54. The molecule has 4 nitrogen and oxygen atoms in total. The van der Waals surface area contributed by atoms with Crippen molar-refractivity contribution in [1.82, 2.24) is 15.5 Å². The Morgan fingerprint density at radius 2 is 2.00 bits per heavy atom. The average Bonchev–Trinajstić information content (AvgIpc) is 2.99. The Morgan fingerprint density at radius 3 is 2.70 bits per heavy atom. The van der Waals surface area contributed by atoms with Crippen molar-refractivity contribution in [3.05, 3.63) is 11.7 Å². The highest BCUT2D eigenvalue weighted by Crippen LogP contribution is 2.36. The zero-order valence-electron chi connectivity index (χ0n) is 12.6. The summed E-state index contributed by atoms with van der Waals surface area (Å²) in [7, 11) is 0. The first kappa shape index (κ1) is 14.1. The van der Waals surface area contributed by atoms with Crippen LogP contribution in [-0.2, 0) is 0 Å². The molecule has 1 aromatic rings. The molecule has 2 fully saturated rings. The Balaban J connectivity index is 1.57. The molecule has 2 aliphatic rings. The van der Waals surface area contributed by atoms with Crippen molar-refractivity contribution in [1.29, 1.82) is 0 Å². The van der Waals surface area contributed by atoms with Crippen molar-refractivity contribution >= 4 is 0 Å². The zero-order chi connectivity index (χ0) is 13.8. The van der Waals surface area contributed by atoms with Crippen LogP contribution in [0.5, 0.6) is 0 Å². The van der Waals surface area contributed by atoms with Crippen LogP contribution in [0.25, 0.3) is 0 Å². The van der Waals surface area contributed by atoms with Crippen LogP contribution in [0, 0.1) is 5.92 Å². The van der Waals surface area contributed by atoms with Gasteiger partial charge in [0.15, 0.2) is 5.82 Å². The normalized spacial score (nSPS) is 31.4. The lowest BCUT2D eigenvalue weighted by atomic mass is 9.80. The molecule has 1 saturated carbocycles. The van der Waals surface area contributed by atoms with E-state index in [0.717, 1.165) is 30.7 Å². The van der Waals surface area contributed by atoms with E-state index in [4.69, 9.17) is 9.51 Å². The molecule has 1 N–H and O–H groups in total. The van der Waals surface area contributed by atoms with Gasteiger partial charge in [0.05, 0.1) is 5.92 Å². The number of nitrogens with one attached hydrogen (secondary N) is 1. The van der Waals surface area contributed by atoms with Gasteiger partial charge in [-0.05, 0) is 51.0 Å². The maximum Gasteiger partial charge on any atom is 0.231 e. The molecule has 0 radical (unpaired) electrons.